The second kappa shape index (κ2) is 34.7. The van der Waals surface area contributed by atoms with Gasteiger partial charge in [-0.25, -0.2) is 18.3 Å². The first-order chi connectivity index (χ1) is 51.7. The molecule has 102 heavy (non-hydrogen) atoms. The van der Waals surface area contributed by atoms with Gasteiger partial charge in [0.05, 0.1) is 11.1 Å². The van der Waals surface area contributed by atoms with Crippen LogP contribution in [0.5, 0.6) is 0 Å². The number of benzene rings is 6. The van der Waals surface area contributed by atoms with Gasteiger partial charge in [-0.2, -0.15) is 9.13 Å². The van der Waals surface area contributed by atoms with Gasteiger partial charge in [-0.3, -0.25) is 0 Å². The fraction of sp³-hybridized carbons (Fsp3) is 0.312. The zero-order valence-electron chi connectivity index (χ0n) is 75.5. The van der Waals surface area contributed by atoms with Gasteiger partial charge in [0, 0.05) is 118 Å². The highest BCUT2D eigenvalue weighted by Gasteiger charge is 2.23. The molecule has 0 bridgehead atoms. The number of rotatable bonds is 6. The molecular weight excluding hydrogens is 1240 g/mol. The molecule has 12 aromatic rings. The van der Waals surface area contributed by atoms with Gasteiger partial charge in [-0.05, 0) is 266 Å². The third-order valence-corrected chi connectivity index (χ3v) is 20.3. The molecule has 6 heterocycles. The maximum Gasteiger partial charge on any atom is 0.215 e. The zero-order chi connectivity index (χ0) is 83.0. The third-order valence-electron chi connectivity index (χ3n) is 20.3. The molecule has 12 rings (SSSR count). The molecule has 528 valence electrons. The Hall–Kier alpha value is -9.78. The van der Waals surface area contributed by atoms with Gasteiger partial charge >= 0.3 is 0 Å². The van der Waals surface area contributed by atoms with Gasteiger partial charge < -0.3 is 0 Å². The maximum atomic E-state index is 7.65. The fourth-order valence-electron chi connectivity index (χ4n) is 13.2. The summed E-state index contributed by atoms with van der Waals surface area (Å²) < 4.78 is 81.1. The largest absolute Gasteiger partial charge is 0.215 e. The van der Waals surface area contributed by atoms with E-state index in [1.807, 2.05) is 88.3 Å². The van der Waals surface area contributed by atoms with Gasteiger partial charge in [0.25, 0.3) is 0 Å². The van der Waals surface area contributed by atoms with Crippen molar-refractivity contribution in [2.24, 2.45) is 42.3 Å². The average Bonchev–Trinajstić information content (AvgIpc) is 0.807. The van der Waals surface area contributed by atoms with E-state index in [1.165, 1.54) is 128 Å². The van der Waals surface area contributed by atoms with Crippen molar-refractivity contribution in [1.29, 1.82) is 0 Å². The van der Waals surface area contributed by atoms with E-state index in [1.54, 1.807) is 18.5 Å². The summed E-state index contributed by atoms with van der Waals surface area (Å²) in [6, 6.07) is 54.7. The molecule has 0 radical (unpaired) electrons. The van der Waals surface area contributed by atoms with Gasteiger partial charge in [0.2, 0.25) is 34.2 Å². The molecule has 0 atom stereocenters. The van der Waals surface area contributed by atoms with Crippen LogP contribution in [-0.4, -0.2) is 0 Å². The monoisotopic (exact) mass is 1370 g/mol. The van der Waals surface area contributed by atoms with Crippen LogP contribution in [0.25, 0.3) is 67.5 Å². The Labute approximate surface area is 628 Å². The van der Waals surface area contributed by atoms with Crippen LogP contribution in [0.15, 0.2) is 183 Å². The number of hydrogen-bond acceptors (Lipinski definition) is 0. The number of aromatic nitrogens is 6. The Balaban J connectivity index is 0.000000185. The summed E-state index contributed by atoms with van der Waals surface area (Å²) in [6.07, 6.45) is 7.85. The number of nitrogens with zero attached hydrogens (tertiary/aromatic N) is 6. The van der Waals surface area contributed by atoms with E-state index in [-0.39, 0.29) is 0 Å². The van der Waals surface area contributed by atoms with Crippen LogP contribution >= 0.6 is 0 Å². The van der Waals surface area contributed by atoms with Crippen molar-refractivity contribution < 1.29 is 39.7 Å². The molecule has 0 fully saturated rings. The quantitative estimate of drug-likeness (QED) is 0.148. The van der Waals surface area contributed by atoms with Crippen molar-refractivity contribution in [2.75, 3.05) is 0 Å². The number of pyridine rings is 6. The Kier molecular flexibility index (Phi) is 22.7. The lowest BCUT2D eigenvalue weighted by molar-refractivity contribution is -0.667. The highest BCUT2D eigenvalue weighted by molar-refractivity contribution is 5.70. The van der Waals surface area contributed by atoms with Crippen molar-refractivity contribution >= 4 is 0 Å². The minimum absolute atomic E-state index is 0.411. The number of hydrogen-bond donors (Lipinski definition) is 0. The van der Waals surface area contributed by atoms with E-state index in [4.69, 9.17) is 12.3 Å². The summed E-state index contributed by atoms with van der Waals surface area (Å²) in [5.41, 5.74) is 41.2. The summed E-state index contributed by atoms with van der Waals surface area (Å²) in [6.45, 7) is 37.8. The molecule has 0 aliphatic carbocycles. The van der Waals surface area contributed by atoms with Gasteiger partial charge in [-0.1, -0.05) is 96.1 Å². The second-order valence-electron chi connectivity index (χ2n) is 28.5. The van der Waals surface area contributed by atoms with Crippen LogP contribution in [0.4, 0.5) is 0 Å². The Morgan fingerprint density at radius 1 is 0.225 bits per heavy atom. The van der Waals surface area contributed by atoms with Crippen molar-refractivity contribution in [3.8, 4) is 67.5 Å². The van der Waals surface area contributed by atoms with Gasteiger partial charge in [0.15, 0.2) is 36.2 Å². The molecule has 6 heteroatoms. The molecule has 6 aromatic carbocycles. The average molecular weight is 1370 g/mol. The number of aryl methyl sites for hydroxylation is 26. The molecular formula is C96H120N6+6. The minimum Gasteiger partial charge on any atom is -0.201 e. The van der Waals surface area contributed by atoms with Crippen LogP contribution in [-0.2, 0) is 42.3 Å². The van der Waals surface area contributed by atoms with Crippen LogP contribution in [0, 0.1) is 166 Å². The molecule has 6 nitrogen and oxygen atoms in total. The molecule has 0 unspecified atom stereocenters. The lowest BCUT2D eigenvalue weighted by Crippen LogP contribution is -2.35. The highest BCUT2D eigenvalue weighted by atomic mass is 15.0. The van der Waals surface area contributed by atoms with Crippen LogP contribution in [0.2, 0.25) is 0 Å². The van der Waals surface area contributed by atoms with Crippen molar-refractivity contribution in [2.45, 2.75) is 166 Å². The molecule has 6 aromatic heterocycles. The Morgan fingerprint density at radius 3 is 0.873 bits per heavy atom. The lowest BCUT2D eigenvalue weighted by atomic mass is 9.97. The van der Waals surface area contributed by atoms with Crippen molar-refractivity contribution in [1.82, 2.24) is 0 Å². The first-order valence-corrected chi connectivity index (χ1v) is 35.5. The summed E-state index contributed by atoms with van der Waals surface area (Å²) >= 11 is 0. The van der Waals surface area contributed by atoms with E-state index in [0.717, 1.165) is 56.2 Å². The first-order valence-electron chi connectivity index (χ1n) is 40.0. The van der Waals surface area contributed by atoms with Gasteiger partial charge in [0.1, 0.15) is 42.3 Å². The Bertz CT molecular complexity index is 5360. The maximum absolute atomic E-state index is 7.65. The predicted octanol–water partition coefficient (Wildman–Crippen LogP) is 20.5. The predicted molar refractivity (Wildman–Crippen MR) is 432 cm³/mol. The second-order valence-corrected chi connectivity index (χ2v) is 28.5. The van der Waals surface area contributed by atoms with Crippen LogP contribution in [0.3, 0.4) is 0 Å². The molecule has 0 aliphatic heterocycles. The molecule has 0 saturated carbocycles. The van der Waals surface area contributed by atoms with E-state index in [9.17, 15) is 0 Å². The van der Waals surface area contributed by atoms with Crippen LogP contribution < -0.4 is 27.4 Å². The SMILES string of the molecule is Cc1cc(-c2c(C)cccc2C)[n+](C)cc1C.Cc1ccc(C)c(-c2cc(C)c(C)c[n+]2C)c1.Cc1cccc(-c2c(C)ccc(C)[n+]2C)c1C.[2H]C([2H])([2H])c1c[n+](C)c(-c2c(C)cccc2C)cc1C.[2H]C([2H])([2H])c1c[n+](C)c(-c2cc(C)ccc2C)cc1C.[2H]C([2H])([2H])c1cccc(-c2c(C)ccc(C)[n+]2C)c1C. The first kappa shape index (κ1) is 66.8. The molecule has 0 aliphatic rings. The standard InChI is InChI=1S/6C16H20N/c2*1-11-6-7-12(2)15(8-11)16-9-13(3)14(4)10-17(16)5;2*1-11-7-6-8-12(2)16(11)15-9-13(3)14(4)10-17(15)5;2*1-11-7-6-8-15(14(11)4)16-12(2)9-10-13(3)17(16)5/h6*6-10H,1-5H3/q6*+1/i4D3;;4D3;;1D3;. The molecule has 0 N–H and O–H groups in total. The smallest absolute Gasteiger partial charge is 0.201 e. The Morgan fingerprint density at radius 2 is 0.510 bits per heavy atom. The molecule has 0 spiro atoms. The topological polar surface area (TPSA) is 23.3 Å². The normalized spacial score (nSPS) is 12.3. The van der Waals surface area contributed by atoms with Crippen molar-refractivity contribution in [3.05, 3.63) is 316 Å². The van der Waals surface area contributed by atoms with E-state index < -0.39 is 20.6 Å². The van der Waals surface area contributed by atoms with E-state index >= 15 is 0 Å². The minimum atomic E-state index is -2.07. The van der Waals surface area contributed by atoms with E-state index in [0.29, 0.717) is 16.7 Å². The third kappa shape index (κ3) is 19.0. The summed E-state index contributed by atoms with van der Waals surface area (Å²) in [4.78, 5) is 0. The van der Waals surface area contributed by atoms with Gasteiger partial charge in [-0.15, -0.1) is 0 Å². The van der Waals surface area contributed by atoms with E-state index in [2.05, 4.69) is 291 Å². The summed E-state index contributed by atoms with van der Waals surface area (Å²) in [5.74, 6) is 0. The lowest BCUT2D eigenvalue weighted by Gasteiger charge is -2.10. The molecule has 0 saturated heterocycles. The summed E-state index contributed by atoms with van der Waals surface area (Å²) in [7, 11) is 12.2. The molecule has 0 amide bonds. The zero-order valence-corrected chi connectivity index (χ0v) is 66.5. The highest BCUT2D eigenvalue weighted by Crippen LogP contribution is 2.31. The van der Waals surface area contributed by atoms with Crippen LogP contribution in [0.1, 0.15) is 146 Å². The fourth-order valence-corrected chi connectivity index (χ4v) is 13.2. The van der Waals surface area contributed by atoms with Crippen molar-refractivity contribution in [3.63, 3.8) is 0 Å². The summed E-state index contributed by atoms with van der Waals surface area (Å²) in [5, 5.41) is 0.